The molecule has 2 heterocycles. The van der Waals surface area contributed by atoms with Gasteiger partial charge >= 0.3 is 0 Å². The molecule has 2 N–H and O–H groups in total. The third-order valence-electron chi connectivity index (χ3n) is 3.17. The van der Waals surface area contributed by atoms with Crippen LogP contribution in [0.2, 0.25) is 0 Å². The lowest BCUT2D eigenvalue weighted by molar-refractivity contribution is 0.0743. The van der Waals surface area contributed by atoms with Crippen LogP contribution >= 0.6 is 11.3 Å². The summed E-state index contributed by atoms with van der Waals surface area (Å²) < 4.78 is 5.43. The molecule has 1 aromatic rings. The predicted octanol–water partition coefficient (Wildman–Crippen LogP) is 1.57. The van der Waals surface area contributed by atoms with E-state index in [1.807, 2.05) is 11.3 Å². The monoisotopic (exact) mass is 254 g/mol. The summed E-state index contributed by atoms with van der Waals surface area (Å²) in [5, 5.41) is 9.15. The number of morpholine rings is 1. The Morgan fingerprint density at radius 3 is 3.18 bits per heavy atom. The van der Waals surface area contributed by atoms with Gasteiger partial charge in [0.2, 0.25) is 0 Å². The van der Waals surface area contributed by atoms with Crippen molar-refractivity contribution in [2.24, 2.45) is 0 Å². The predicted molar refractivity (Wildman–Crippen MR) is 72.9 cm³/mol. The Hall–Kier alpha value is -0.420. The molecule has 0 aliphatic carbocycles. The average molecular weight is 254 g/mol. The number of nitrogens with one attached hydrogen (secondary N) is 2. The largest absolute Gasteiger partial charge is 0.379 e. The summed E-state index contributed by atoms with van der Waals surface area (Å²) in [7, 11) is 0. The number of hydrogen-bond acceptors (Lipinski definition) is 4. The van der Waals surface area contributed by atoms with Crippen molar-refractivity contribution in [2.75, 3.05) is 32.8 Å². The number of hydrogen-bond donors (Lipinski definition) is 2. The van der Waals surface area contributed by atoms with E-state index in [4.69, 9.17) is 4.74 Å². The molecule has 0 radical (unpaired) electrons. The van der Waals surface area contributed by atoms with Gasteiger partial charge in [-0.1, -0.05) is 0 Å². The molecule has 1 aliphatic heterocycles. The van der Waals surface area contributed by atoms with Crippen molar-refractivity contribution < 1.29 is 4.74 Å². The van der Waals surface area contributed by atoms with E-state index in [0.29, 0.717) is 6.04 Å². The van der Waals surface area contributed by atoms with E-state index in [0.717, 1.165) is 45.7 Å². The Morgan fingerprint density at radius 2 is 2.47 bits per heavy atom. The molecule has 17 heavy (non-hydrogen) atoms. The number of aryl methyl sites for hydroxylation is 1. The maximum Gasteiger partial charge on any atom is 0.0620 e. The molecular weight excluding hydrogens is 232 g/mol. The van der Waals surface area contributed by atoms with Crippen molar-refractivity contribution in [1.82, 2.24) is 10.6 Å². The molecule has 2 rings (SSSR count). The molecule has 4 heteroatoms. The summed E-state index contributed by atoms with van der Waals surface area (Å²) in [6, 6.07) is 2.74. The normalized spacial score (nSPS) is 20.6. The molecule has 1 unspecified atom stereocenters. The number of thiophene rings is 1. The van der Waals surface area contributed by atoms with Gasteiger partial charge in [-0.25, -0.2) is 0 Å². The highest BCUT2D eigenvalue weighted by Crippen LogP contribution is 2.15. The van der Waals surface area contributed by atoms with Crippen molar-refractivity contribution in [2.45, 2.75) is 25.8 Å². The molecule has 96 valence electrons. The van der Waals surface area contributed by atoms with Crippen molar-refractivity contribution >= 4 is 11.3 Å². The molecule has 1 aliphatic rings. The first-order valence-corrected chi connectivity index (χ1v) is 7.29. The van der Waals surface area contributed by atoms with E-state index < -0.39 is 0 Å². The van der Waals surface area contributed by atoms with Crippen LogP contribution in [0.4, 0.5) is 0 Å². The summed E-state index contributed by atoms with van der Waals surface area (Å²) in [5.41, 5.74) is 1.43. The van der Waals surface area contributed by atoms with E-state index in [1.165, 1.54) is 10.4 Å². The lowest BCUT2D eigenvalue weighted by Gasteiger charge is -2.23. The third-order valence-corrected chi connectivity index (χ3v) is 4.25. The van der Waals surface area contributed by atoms with Gasteiger partial charge in [-0.2, -0.15) is 0 Å². The minimum Gasteiger partial charge on any atom is -0.379 e. The zero-order valence-electron chi connectivity index (χ0n) is 10.5. The summed E-state index contributed by atoms with van der Waals surface area (Å²) in [6.45, 7) is 7.07. The van der Waals surface area contributed by atoms with Crippen LogP contribution in [-0.4, -0.2) is 38.9 Å². The van der Waals surface area contributed by atoms with Crippen molar-refractivity contribution in [3.05, 3.63) is 21.9 Å². The molecule has 1 aromatic heterocycles. The molecular formula is C13H22N2OS. The molecule has 3 nitrogen and oxygen atoms in total. The zero-order valence-corrected chi connectivity index (χ0v) is 11.3. The van der Waals surface area contributed by atoms with Crippen LogP contribution in [0.3, 0.4) is 0 Å². The lowest BCUT2D eigenvalue weighted by Crippen LogP contribution is -2.42. The number of ether oxygens (including phenoxy) is 1. The summed E-state index contributed by atoms with van der Waals surface area (Å²) in [4.78, 5) is 1.51. The van der Waals surface area contributed by atoms with Gasteiger partial charge in [-0.05, 0) is 49.9 Å². The van der Waals surface area contributed by atoms with E-state index in [1.54, 1.807) is 0 Å². The summed E-state index contributed by atoms with van der Waals surface area (Å²) in [6.07, 6.45) is 2.31. The lowest BCUT2D eigenvalue weighted by atomic mass is 10.2. The Kier molecular flexibility index (Phi) is 5.45. The van der Waals surface area contributed by atoms with Crippen LogP contribution in [0, 0.1) is 6.92 Å². The van der Waals surface area contributed by atoms with Crippen LogP contribution < -0.4 is 10.6 Å². The van der Waals surface area contributed by atoms with Crippen LogP contribution in [0.5, 0.6) is 0 Å². The molecule has 0 saturated carbocycles. The molecule has 1 saturated heterocycles. The highest BCUT2D eigenvalue weighted by molar-refractivity contribution is 7.10. The van der Waals surface area contributed by atoms with Crippen LogP contribution in [0.25, 0.3) is 0 Å². The SMILES string of the molecule is Cc1ccsc1CCNCCC1COCCN1. The molecule has 0 amide bonds. The van der Waals surface area contributed by atoms with E-state index in [-0.39, 0.29) is 0 Å². The topological polar surface area (TPSA) is 33.3 Å². The van der Waals surface area contributed by atoms with Crippen LogP contribution in [0.15, 0.2) is 11.4 Å². The first kappa shape index (κ1) is 13.0. The fourth-order valence-corrected chi connectivity index (χ4v) is 2.98. The van der Waals surface area contributed by atoms with Gasteiger partial charge in [-0.15, -0.1) is 11.3 Å². The van der Waals surface area contributed by atoms with Gasteiger partial charge in [0.1, 0.15) is 0 Å². The Labute approximate surface area is 108 Å². The first-order valence-electron chi connectivity index (χ1n) is 6.41. The Morgan fingerprint density at radius 1 is 1.53 bits per heavy atom. The molecule has 0 spiro atoms. The molecule has 1 fully saturated rings. The van der Waals surface area contributed by atoms with Gasteiger partial charge in [-0.3, -0.25) is 0 Å². The molecule has 0 bridgehead atoms. The van der Waals surface area contributed by atoms with Gasteiger partial charge < -0.3 is 15.4 Å². The maximum absolute atomic E-state index is 5.43. The van der Waals surface area contributed by atoms with E-state index >= 15 is 0 Å². The smallest absolute Gasteiger partial charge is 0.0620 e. The van der Waals surface area contributed by atoms with Crippen LogP contribution in [-0.2, 0) is 11.2 Å². The maximum atomic E-state index is 5.43. The average Bonchev–Trinajstić information content (AvgIpc) is 2.76. The number of rotatable bonds is 6. The van der Waals surface area contributed by atoms with E-state index in [2.05, 4.69) is 29.0 Å². The minimum atomic E-state index is 0.541. The summed E-state index contributed by atoms with van der Waals surface area (Å²) in [5.74, 6) is 0. The van der Waals surface area contributed by atoms with Gasteiger partial charge in [0.05, 0.1) is 13.2 Å². The minimum absolute atomic E-state index is 0.541. The second-order valence-electron chi connectivity index (χ2n) is 4.54. The quantitative estimate of drug-likeness (QED) is 0.756. The van der Waals surface area contributed by atoms with Crippen LogP contribution in [0.1, 0.15) is 16.9 Å². The van der Waals surface area contributed by atoms with Crippen molar-refractivity contribution in [3.8, 4) is 0 Å². The standard InChI is InChI=1S/C13H22N2OS/c1-11-4-9-17-13(11)3-6-14-5-2-12-10-16-8-7-15-12/h4,9,12,14-15H,2-3,5-8,10H2,1H3. The fourth-order valence-electron chi connectivity index (χ4n) is 2.07. The van der Waals surface area contributed by atoms with Crippen molar-refractivity contribution in [1.29, 1.82) is 0 Å². The van der Waals surface area contributed by atoms with Gasteiger partial charge in [0.15, 0.2) is 0 Å². The molecule has 1 atom stereocenters. The first-order chi connectivity index (χ1) is 8.36. The summed E-state index contributed by atoms with van der Waals surface area (Å²) >= 11 is 1.86. The van der Waals surface area contributed by atoms with Crippen molar-refractivity contribution in [3.63, 3.8) is 0 Å². The molecule has 0 aromatic carbocycles. The third kappa shape index (κ3) is 4.39. The zero-order chi connectivity index (χ0) is 11.9. The fraction of sp³-hybridized carbons (Fsp3) is 0.692. The van der Waals surface area contributed by atoms with Gasteiger partial charge in [0, 0.05) is 17.5 Å². The Bertz CT molecular complexity index is 321. The Balaban J connectivity index is 1.53. The second kappa shape index (κ2) is 7.11. The second-order valence-corrected chi connectivity index (χ2v) is 5.54. The van der Waals surface area contributed by atoms with E-state index in [9.17, 15) is 0 Å². The highest BCUT2D eigenvalue weighted by Gasteiger charge is 2.11. The highest BCUT2D eigenvalue weighted by atomic mass is 32.1. The van der Waals surface area contributed by atoms with Gasteiger partial charge in [0.25, 0.3) is 0 Å².